The van der Waals surface area contributed by atoms with Crippen LogP contribution in [0.1, 0.15) is 50.8 Å². The Balaban J connectivity index is 2.14. The minimum Gasteiger partial charge on any atom is -0.329 e. The van der Waals surface area contributed by atoms with Crippen molar-refractivity contribution in [1.29, 1.82) is 0 Å². The molecule has 3 atom stereocenters. The second kappa shape index (κ2) is 6.53. The number of hydrogen-bond acceptors (Lipinski definition) is 2. The van der Waals surface area contributed by atoms with Gasteiger partial charge in [-0.2, -0.15) is 0 Å². The van der Waals surface area contributed by atoms with Crippen molar-refractivity contribution in [3.63, 3.8) is 0 Å². The number of hydrogen-bond donors (Lipinski definition) is 1. The fourth-order valence-corrected chi connectivity index (χ4v) is 3.35. The molecule has 19 heavy (non-hydrogen) atoms. The van der Waals surface area contributed by atoms with Crippen LogP contribution in [0.5, 0.6) is 0 Å². The quantitative estimate of drug-likeness (QED) is 0.899. The van der Waals surface area contributed by atoms with Crippen molar-refractivity contribution in [3.05, 3.63) is 35.4 Å². The molecule has 0 spiro atoms. The molecule has 0 bridgehead atoms. The second-order valence-electron chi connectivity index (χ2n) is 5.93. The summed E-state index contributed by atoms with van der Waals surface area (Å²) in [4.78, 5) is 2.61. The van der Waals surface area contributed by atoms with Crippen molar-refractivity contribution in [1.82, 2.24) is 4.90 Å². The molecule has 0 saturated carbocycles. The van der Waals surface area contributed by atoms with Gasteiger partial charge in [0.1, 0.15) is 0 Å². The van der Waals surface area contributed by atoms with Crippen LogP contribution in [0, 0.1) is 5.92 Å². The zero-order chi connectivity index (χ0) is 13.8. The molecule has 1 aromatic rings. The van der Waals surface area contributed by atoms with E-state index in [-0.39, 0.29) is 0 Å². The predicted molar refractivity (Wildman–Crippen MR) is 82.2 cm³/mol. The fourth-order valence-electron chi connectivity index (χ4n) is 3.35. The third kappa shape index (κ3) is 3.18. The normalized spacial score (nSPS) is 26.3. The Bertz CT molecular complexity index is 385. The molecule has 2 nitrogen and oxygen atoms in total. The van der Waals surface area contributed by atoms with E-state index in [1.807, 2.05) is 0 Å². The number of benzene rings is 1. The Morgan fingerprint density at radius 1 is 1.32 bits per heavy atom. The van der Waals surface area contributed by atoms with Crippen LogP contribution in [0.3, 0.4) is 0 Å². The molecule has 106 valence electrons. The average Bonchev–Trinajstić information content (AvgIpc) is 2.46. The van der Waals surface area contributed by atoms with Crippen LogP contribution in [0.15, 0.2) is 24.3 Å². The smallest absolute Gasteiger partial charge is 0.0323 e. The summed E-state index contributed by atoms with van der Waals surface area (Å²) < 4.78 is 0. The van der Waals surface area contributed by atoms with Crippen LogP contribution >= 0.6 is 0 Å². The summed E-state index contributed by atoms with van der Waals surface area (Å²) in [5, 5.41) is 0. The summed E-state index contributed by atoms with van der Waals surface area (Å²) in [7, 11) is 0. The Morgan fingerprint density at radius 3 is 2.58 bits per heavy atom. The monoisotopic (exact) mass is 260 g/mol. The molecular weight excluding hydrogens is 232 g/mol. The molecule has 0 radical (unpaired) electrons. The highest BCUT2D eigenvalue weighted by Gasteiger charge is 2.30. The van der Waals surface area contributed by atoms with Gasteiger partial charge in [0.25, 0.3) is 0 Å². The van der Waals surface area contributed by atoms with Gasteiger partial charge >= 0.3 is 0 Å². The van der Waals surface area contributed by atoms with Crippen LogP contribution in [-0.2, 0) is 6.42 Å². The number of aryl methyl sites for hydroxylation is 1. The van der Waals surface area contributed by atoms with Crippen molar-refractivity contribution >= 4 is 0 Å². The molecule has 0 amide bonds. The molecule has 1 aliphatic heterocycles. The summed E-state index contributed by atoms with van der Waals surface area (Å²) >= 11 is 0. The highest BCUT2D eigenvalue weighted by molar-refractivity contribution is 5.25. The maximum absolute atomic E-state index is 6.00. The molecule has 1 fully saturated rings. The molecule has 2 heteroatoms. The van der Waals surface area contributed by atoms with Crippen LogP contribution in [-0.4, -0.2) is 24.0 Å². The van der Waals surface area contributed by atoms with Crippen molar-refractivity contribution in [2.24, 2.45) is 11.7 Å². The third-order valence-corrected chi connectivity index (χ3v) is 4.77. The molecule has 1 heterocycles. The minimum atomic E-state index is 0.474. The lowest BCUT2D eigenvalue weighted by molar-refractivity contribution is 0.0690. The molecule has 1 aromatic carbocycles. The second-order valence-corrected chi connectivity index (χ2v) is 5.93. The third-order valence-electron chi connectivity index (χ3n) is 4.77. The Morgan fingerprint density at radius 2 is 2.00 bits per heavy atom. The maximum atomic E-state index is 6.00. The van der Waals surface area contributed by atoms with Crippen LogP contribution < -0.4 is 5.73 Å². The van der Waals surface area contributed by atoms with E-state index in [0.717, 1.165) is 18.9 Å². The van der Waals surface area contributed by atoms with Gasteiger partial charge in [0, 0.05) is 18.6 Å². The number of nitrogens with zero attached hydrogens (tertiary/aromatic N) is 1. The molecule has 2 rings (SSSR count). The van der Waals surface area contributed by atoms with Gasteiger partial charge in [-0.3, -0.25) is 4.90 Å². The summed E-state index contributed by atoms with van der Waals surface area (Å²) in [6, 6.07) is 10.1. The van der Waals surface area contributed by atoms with E-state index in [9.17, 15) is 0 Å². The SMILES string of the molecule is CCc1ccc(C(C)N2CCCC(C)C2CN)cc1. The van der Waals surface area contributed by atoms with Crippen molar-refractivity contribution in [2.75, 3.05) is 13.1 Å². The number of likely N-dealkylation sites (tertiary alicyclic amines) is 1. The highest BCUT2D eigenvalue weighted by Crippen LogP contribution is 2.31. The van der Waals surface area contributed by atoms with Gasteiger partial charge in [0.15, 0.2) is 0 Å². The molecular formula is C17H28N2. The number of rotatable bonds is 4. The zero-order valence-electron chi connectivity index (χ0n) is 12.6. The van der Waals surface area contributed by atoms with Crippen molar-refractivity contribution in [2.45, 2.75) is 52.1 Å². The van der Waals surface area contributed by atoms with Crippen LogP contribution in [0.25, 0.3) is 0 Å². The number of piperidine rings is 1. The lowest BCUT2D eigenvalue weighted by Crippen LogP contribution is -2.49. The fraction of sp³-hybridized carbons (Fsp3) is 0.647. The largest absolute Gasteiger partial charge is 0.329 e. The van der Waals surface area contributed by atoms with Crippen LogP contribution in [0.2, 0.25) is 0 Å². The predicted octanol–water partition coefficient (Wildman–Crippen LogP) is 3.37. The summed E-state index contributed by atoms with van der Waals surface area (Å²) in [5.74, 6) is 0.719. The molecule has 3 unspecified atom stereocenters. The first-order valence-corrected chi connectivity index (χ1v) is 7.72. The van der Waals surface area contributed by atoms with Gasteiger partial charge < -0.3 is 5.73 Å². The van der Waals surface area contributed by atoms with Crippen molar-refractivity contribution < 1.29 is 0 Å². The zero-order valence-corrected chi connectivity index (χ0v) is 12.6. The molecule has 1 aliphatic rings. The van der Waals surface area contributed by atoms with E-state index in [2.05, 4.69) is 49.9 Å². The Hall–Kier alpha value is -0.860. The standard InChI is InChI=1S/C17H28N2/c1-4-15-7-9-16(10-8-15)14(3)19-11-5-6-13(2)17(19)12-18/h7-10,13-14,17H,4-6,11-12,18H2,1-3H3. The van der Waals surface area contributed by atoms with Gasteiger partial charge in [0.05, 0.1) is 0 Å². The minimum absolute atomic E-state index is 0.474. The van der Waals surface area contributed by atoms with E-state index in [0.29, 0.717) is 12.1 Å². The first kappa shape index (κ1) is 14.5. The molecule has 0 aromatic heterocycles. The average molecular weight is 260 g/mol. The first-order valence-electron chi connectivity index (χ1n) is 7.72. The molecule has 0 aliphatic carbocycles. The van der Waals surface area contributed by atoms with Crippen molar-refractivity contribution in [3.8, 4) is 0 Å². The van der Waals surface area contributed by atoms with Gasteiger partial charge in [0.2, 0.25) is 0 Å². The molecule has 2 N–H and O–H groups in total. The lowest BCUT2D eigenvalue weighted by atomic mass is 9.88. The van der Waals surface area contributed by atoms with Crippen LogP contribution in [0.4, 0.5) is 0 Å². The van der Waals surface area contributed by atoms with Gasteiger partial charge in [-0.05, 0) is 49.8 Å². The van der Waals surface area contributed by atoms with E-state index < -0.39 is 0 Å². The maximum Gasteiger partial charge on any atom is 0.0323 e. The van der Waals surface area contributed by atoms with E-state index in [4.69, 9.17) is 5.73 Å². The van der Waals surface area contributed by atoms with E-state index >= 15 is 0 Å². The van der Waals surface area contributed by atoms with Gasteiger partial charge in [-0.1, -0.05) is 38.1 Å². The highest BCUT2D eigenvalue weighted by atomic mass is 15.2. The van der Waals surface area contributed by atoms with E-state index in [1.54, 1.807) is 0 Å². The number of nitrogens with two attached hydrogens (primary N) is 1. The van der Waals surface area contributed by atoms with E-state index in [1.165, 1.54) is 30.5 Å². The summed E-state index contributed by atoms with van der Waals surface area (Å²) in [5.41, 5.74) is 8.84. The molecule has 1 saturated heterocycles. The van der Waals surface area contributed by atoms with Gasteiger partial charge in [-0.15, -0.1) is 0 Å². The topological polar surface area (TPSA) is 29.3 Å². The summed E-state index contributed by atoms with van der Waals surface area (Å²) in [6.07, 6.45) is 3.73. The van der Waals surface area contributed by atoms with Gasteiger partial charge in [-0.25, -0.2) is 0 Å². The Kier molecular flexibility index (Phi) is 5.00. The lowest BCUT2D eigenvalue weighted by Gasteiger charge is -2.43. The Labute approximate surface area is 118 Å². The summed E-state index contributed by atoms with van der Waals surface area (Å²) in [6.45, 7) is 8.83. The first-order chi connectivity index (χ1) is 9.17.